The highest BCUT2D eigenvalue weighted by molar-refractivity contribution is 5.72. The van der Waals surface area contributed by atoms with Crippen LogP contribution in [0.3, 0.4) is 0 Å². The minimum Gasteiger partial charge on any atom is -0.480 e. The van der Waals surface area contributed by atoms with Crippen LogP contribution < -0.4 is 17.2 Å². The number of carboxylic acids is 1. The maximum absolute atomic E-state index is 10.1. The molecule has 0 amide bonds. The summed E-state index contributed by atoms with van der Waals surface area (Å²) < 4.78 is 0. The van der Waals surface area contributed by atoms with Gasteiger partial charge in [0.15, 0.2) is 0 Å². The van der Waals surface area contributed by atoms with Crippen molar-refractivity contribution in [3.63, 3.8) is 0 Å². The first-order valence-electron chi connectivity index (χ1n) is 6.95. The van der Waals surface area contributed by atoms with E-state index in [-0.39, 0.29) is 6.04 Å². The Bertz CT molecular complexity index is 355. The lowest BCUT2D eigenvalue weighted by Gasteiger charge is -2.03. The molecular formula is C15H27N3O2. The van der Waals surface area contributed by atoms with E-state index in [1.165, 1.54) is 5.56 Å². The molecule has 0 fully saturated rings. The van der Waals surface area contributed by atoms with Crippen LogP contribution in [0.15, 0.2) is 30.3 Å². The van der Waals surface area contributed by atoms with Crippen molar-refractivity contribution in [2.24, 2.45) is 17.2 Å². The average Bonchev–Trinajstić information content (AvgIpc) is 2.40. The standard InChI is InChI=1S/C9H13N.C6H14N2O2/c1-8(10)7-9-5-3-2-4-6-9;7-4-2-1-3-5(8)6(9)10/h2-6,8H,7,10H2,1H3;5H,1-4,7-8H2,(H,9,10)/t8-;5-/m00/s1. The van der Waals surface area contributed by atoms with Crippen molar-refractivity contribution in [3.8, 4) is 0 Å². The molecule has 0 saturated carbocycles. The van der Waals surface area contributed by atoms with E-state index in [2.05, 4.69) is 12.1 Å². The molecule has 0 aliphatic heterocycles. The van der Waals surface area contributed by atoms with E-state index in [4.69, 9.17) is 22.3 Å². The van der Waals surface area contributed by atoms with Gasteiger partial charge in [-0.1, -0.05) is 36.8 Å². The Labute approximate surface area is 121 Å². The predicted molar refractivity (Wildman–Crippen MR) is 82.3 cm³/mol. The first kappa shape index (κ1) is 18.6. The van der Waals surface area contributed by atoms with Crippen molar-refractivity contribution >= 4 is 5.97 Å². The Morgan fingerprint density at radius 3 is 2.25 bits per heavy atom. The van der Waals surface area contributed by atoms with Crippen molar-refractivity contribution in [2.75, 3.05) is 6.54 Å². The second kappa shape index (κ2) is 11.4. The highest BCUT2D eigenvalue weighted by Crippen LogP contribution is 2.00. The summed E-state index contributed by atoms with van der Waals surface area (Å²) >= 11 is 0. The molecule has 114 valence electrons. The lowest BCUT2D eigenvalue weighted by molar-refractivity contribution is -0.138. The highest BCUT2D eigenvalue weighted by atomic mass is 16.4. The predicted octanol–water partition coefficient (Wildman–Crippen LogP) is 1.10. The summed E-state index contributed by atoms with van der Waals surface area (Å²) in [6, 6.07) is 9.85. The summed E-state index contributed by atoms with van der Waals surface area (Å²) in [5.41, 5.74) is 17.4. The van der Waals surface area contributed by atoms with Gasteiger partial charge in [-0.05, 0) is 38.3 Å². The van der Waals surface area contributed by atoms with Gasteiger partial charge in [0.25, 0.3) is 0 Å². The topological polar surface area (TPSA) is 115 Å². The summed E-state index contributed by atoms with van der Waals surface area (Å²) in [5.74, 6) is -0.933. The van der Waals surface area contributed by atoms with Crippen LogP contribution in [0.2, 0.25) is 0 Å². The van der Waals surface area contributed by atoms with E-state index >= 15 is 0 Å². The largest absolute Gasteiger partial charge is 0.480 e. The SMILES string of the molecule is C[C@H](N)Cc1ccccc1.NCCCC[C@H](N)C(=O)O. The Morgan fingerprint density at radius 2 is 1.80 bits per heavy atom. The number of rotatable bonds is 7. The van der Waals surface area contributed by atoms with Crippen molar-refractivity contribution < 1.29 is 9.90 Å². The van der Waals surface area contributed by atoms with E-state index in [1.807, 2.05) is 25.1 Å². The molecule has 0 spiro atoms. The lowest BCUT2D eigenvalue weighted by Crippen LogP contribution is -2.29. The van der Waals surface area contributed by atoms with Gasteiger partial charge in [0, 0.05) is 6.04 Å². The van der Waals surface area contributed by atoms with Crippen LogP contribution in [0.4, 0.5) is 0 Å². The number of unbranched alkanes of at least 4 members (excludes halogenated alkanes) is 1. The van der Waals surface area contributed by atoms with Crippen molar-refractivity contribution in [1.29, 1.82) is 0 Å². The third-order valence-corrected chi connectivity index (χ3v) is 2.69. The Kier molecular flexibility index (Phi) is 10.6. The molecule has 0 unspecified atom stereocenters. The lowest BCUT2D eigenvalue weighted by atomic mass is 10.1. The van der Waals surface area contributed by atoms with E-state index in [9.17, 15) is 4.79 Å². The minimum atomic E-state index is -0.933. The van der Waals surface area contributed by atoms with Gasteiger partial charge in [-0.3, -0.25) is 4.79 Å². The molecule has 0 radical (unpaired) electrons. The smallest absolute Gasteiger partial charge is 0.320 e. The number of nitrogens with two attached hydrogens (primary N) is 3. The maximum Gasteiger partial charge on any atom is 0.320 e. The quantitative estimate of drug-likeness (QED) is 0.559. The monoisotopic (exact) mass is 281 g/mol. The third kappa shape index (κ3) is 10.5. The molecule has 0 heterocycles. The molecule has 2 atom stereocenters. The normalized spacial score (nSPS) is 13.0. The first-order chi connectivity index (χ1) is 9.47. The van der Waals surface area contributed by atoms with E-state index in [0.29, 0.717) is 13.0 Å². The molecule has 0 aliphatic rings. The number of hydrogen-bond acceptors (Lipinski definition) is 4. The van der Waals surface area contributed by atoms with Gasteiger partial charge in [0.1, 0.15) is 6.04 Å². The number of carbonyl (C=O) groups is 1. The third-order valence-electron chi connectivity index (χ3n) is 2.69. The molecule has 1 rings (SSSR count). The molecule has 1 aromatic carbocycles. The van der Waals surface area contributed by atoms with Gasteiger partial charge in [-0.15, -0.1) is 0 Å². The number of carboxylic acid groups (broad SMARTS) is 1. The first-order valence-corrected chi connectivity index (χ1v) is 6.95. The average molecular weight is 281 g/mol. The zero-order valence-electron chi connectivity index (χ0n) is 12.2. The zero-order chi connectivity index (χ0) is 15.4. The van der Waals surface area contributed by atoms with Gasteiger partial charge in [-0.25, -0.2) is 0 Å². The Morgan fingerprint density at radius 1 is 1.20 bits per heavy atom. The van der Waals surface area contributed by atoms with Crippen LogP contribution in [0.5, 0.6) is 0 Å². The van der Waals surface area contributed by atoms with Crippen LogP contribution in [0, 0.1) is 0 Å². The van der Waals surface area contributed by atoms with Gasteiger partial charge in [0.05, 0.1) is 0 Å². The fraction of sp³-hybridized carbons (Fsp3) is 0.533. The van der Waals surface area contributed by atoms with Gasteiger partial charge < -0.3 is 22.3 Å². The molecule has 7 N–H and O–H groups in total. The van der Waals surface area contributed by atoms with Crippen LogP contribution >= 0.6 is 0 Å². The summed E-state index contributed by atoms with van der Waals surface area (Å²) in [4.78, 5) is 10.1. The van der Waals surface area contributed by atoms with E-state index in [0.717, 1.165) is 19.3 Å². The molecule has 0 saturated heterocycles. The molecule has 0 aromatic heterocycles. The number of aliphatic carboxylic acids is 1. The Balaban J connectivity index is 0.000000361. The molecule has 5 heteroatoms. The van der Waals surface area contributed by atoms with Gasteiger partial charge in [-0.2, -0.15) is 0 Å². The number of hydrogen-bond donors (Lipinski definition) is 4. The summed E-state index contributed by atoms with van der Waals surface area (Å²) in [6.45, 7) is 2.62. The second-order valence-corrected chi connectivity index (χ2v) is 4.90. The molecular weight excluding hydrogens is 254 g/mol. The summed E-state index contributed by atoms with van der Waals surface area (Å²) in [7, 11) is 0. The summed E-state index contributed by atoms with van der Waals surface area (Å²) in [5, 5.41) is 8.33. The molecule has 0 aliphatic carbocycles. The van der Waals surface area contributed by atoms with Crippen LogP contribution in [0.1, 0.15) is 31.7 Å². The van der Waals surface area contributed by atoms with Crippen molar-refractivity contribution in [3.05, 3.63) is 35.9 Å². The fourth-order valence-corrected chi connectivity index (χ4v) is 1.62. The van der Waals surface area contributed by atoms with Crippen LogP contribution in [-0.4, -0.2) is 29.7 Å². The molecule has 5 nitrogen and oxygen atoms in total. The molecule has 0 bridgehead atoms. The van der Waals surface area contributed by atoms with Crippen LogP contribution in [0.25, 0.3) is 0 Å². The molecule has 20 heavy (non-hydrogen) atoms. The Hall–Kier alpha value is -1.43. The van der Waals surface area contributed by atoms with E-state index < -0.39 is 12.0 Å². The van der Waals surface area contributed by atoms with Gasteiger partial charge >= 0.3 is 5.97 Å². The second-order valence-electron chi connectivity index (χ2n) is 4.90. The van der Waals surface area contributed by atoms with Crippen molar-refractivity contribution in [2.45, 2.75) is 44.7 Å². The van der Waals surface area contributed by atoms with Crippen molar-refractivity contribution in [1.82, 2.24) is 0 Å². The van der Waals surface area contributed by atoms with Crippen LogP contribution in [-0.2, 0) is 11.2 Å². The van der Waals surface area contributed by atoms with Gasteiger partial charge in [0.2, 0.25) is 0 Å². The zero-order valence-corrected chi connectivity index (χ0v) is 12.2. The van der Waals surface area contributed by atoms with E-state index in [1.54, 1.807) is 0 Å². The molecule has 1 aromatic rings. The minimum absolute atomic E-state index is 0.266. The highest BCUT2D eigenvalue weighted by Gasteiger charge is 2.09. The number of benzene rings is 1. The fourth-order valence-electron chi connectivity index (χ4n) is 1.62. The summed E-state index contributed by atoms with van der Waals surface area (Å²) in [6.07, 6.45) is 3.14. The maximum atomic E-state index is 10.1.